The molecule has 4 aromatic carbocycles. The molecule has 0 amide bonds. The van der Waals surface area contributed by atoms with Crippen LogP contribution in [0, 0.1) is 41.5 Å². The number of benzene rings is 2. The van der Waals surface area contributed by atoms with Gasteiger partial charge in [0.15, 0.2) is 0 Å². The molecule has 34 heavy (non-hydrogen) atoms. The van der Waals surface area contributed by atoms with Crippen molar-refractivity contribution < 1.29 is 20.8 Å². The van der Waals surface area contributed by atoms with Gasteiger partial charge in [0.2, 0.25) is 0 Å². The van der Waals surface area contributed by atoms with Crippen molar-refractivity contribution in [3.8, 4) is 0 Å². The van der Waals surface area contributed by atoms with Crippen LogP contribution in [-0.4, -0.2) is 9.52 Å². The molecular weight excluding hydrogens is 597 g/mol. The molecule has 0 bridgehead atoms. The molecule has 0 aliphatic carbocycles. The average Bonchev–Trinajstić information content (AvgIpc) is 3.28. The van der Waals surface area contributed by atoms with Crippen LogP contribution >= 0.6 is 40.2 Å². The molecule has 0 aliphatic heterocycles. The molecule has 0 atom stereocenters. The summed E-state index contributed by atoms with van der Waals surface area (Å²) in [5.41, 5.74) is 10.6. The second kappa shape index (κ2) is 15.9. The van der Waals surface area contributed by atoms with E-state index in [2.05, 4.69) is 91.0 Å². The van der Waals surface area contributed by atoms with E-state index in [1.807, 2.05) is 0 Å². The van der Waals surface area contributed by atoms with E-state index < -0.39 is 20.8 Å². The van der Waals surface area contributed by atoms with Crippen LogP contribution in [0.3, 0.4) is 0 Å². The van der Waals surface area contributed by atoms with Gasteiger partial charge in [-0.05, 0) is 0 Å². The van der Waals surface area contributed by atoms with E-state index in [0.29, 0.717) is 11.8 Å². The van der Waals surface area contributed by atoms with E-state index in [1.165, 1.54) is 66.1 Å². The van der Waals surface area contributed by atoms with Crippen LogP contribution in [-0.2, 0) is 32.6 Å². The van der Waals surface area contributed by atoms with Gasteiger partial charge in [0.1, 0.15) is 0 Å². The number of fused-ring (bicyclic) bond motifs is 2. The van der Waals surface area contributed by atoms with Crippen LogP contribution in [0.4, 0.5) is 0 Å². The first kappa shape index (κ1) is 31.9. The Bertz CT molecular complexity index is 1100. The summed E-state index contributed by atoms with van der Waals surface area (Å²) in [5.74, 6) is 1.20. The summed E-state index contributed by atoms with van der Waals surface area (Å²) in [7, 11) is 11.0. The third-order valence-corrected chi connectivity index (χ3v) is 6.62. The monoisotopic (exact) mass is 628 g/mol. The third kappa shape index (κ3) is 7.96. The van der Waals surface area contributed by atoms with Crippen molar-refractivity contribution in [2.45, 2.75) is 66.4 Å². The van der Waals surface area contributed by atoms with E-state index in [1.54, 1.807) is 0 Å². The number of halogens is 4. The van der Waals surface area contributed by atoms with Gasteiger partial charge in [0.05, 0.1) is 0 Å². The number of aryl methyl sites for hydroxylation is 6. The first-order chi connectivity index (χ1) is 16.1. The quantitative estimate of drug-likeness (QED) is 0.117. The van der Waals surface area contributed by atoms with Gasteiger partial charge in [0.25, 0.3) is 0 Å². The number of hydrogen-bond donors (Lipinski definition) is 0. The molecule has 0 aliphatic rings. The summed E-state index contributed by atoms with van der Waals surface area (Å²) in [6, 6.07) is 13.1. The number of hydrogen-bond acceptors (Lipinski definition) is 0. The van der Waals surface area contributed by atoms with E-state index in [0.717, 1.165) is 9.52 Å². The molecule has 182 valence electrons. The van der Waals surface area contributed by atoms with Gasteiger partial charge >= 0.3 is 37.9 Å². The van der Waals surface area contributed by atoms with Crippen molar-refractivity contribution in [3.05, 3.63) is 80.9 Å². The zero-order valence-corrected chi connectivity index (χ0v) is 27.9. The Kier molecular flexibility index (Phi) is 14.9. The Labute approximate surface area is 237 Å². The van der Waals surface area contributed by atoms with Gasteiger partial charge in [-0.15, -0.1) is 91.3 Å². The zero-order valence-electron chi connectivity index (χ0n) is 21.4. The van der Waals surface area contributed by atoms with Gasteiger partial charge in [-0.3, -0.25) is 0 Å². The van der Waals surface area contributed by atoms with Crippen molar-refractivity contribution in [3.63, 3.8) is 0 Å². The summed E-state index contributed by atoms with van der Waals surface area (Å²) >= 11 is 11.1. The number of rotatable bonds is 2. The SMILES string of the molecule is C[Si]C.Cc1[cH-]c2c(C)ccc(CCl)c2c1C.Cc1[cH-]c2c(C)ccc(CCl)c2c1C.[Cl][Zr+2][Cl]. The van der Waals surface area contributed by atoms with Gasteiger partial charge in [0, 0.05) is 21.3 Å². The molecule has 4 rings (SSSR count). The van der Waals surface area contributed by atoms with Crippen molar-refractivity contribution >= 4 is 71.3 Å². The minimum atomic E-state index is -0.826. The maximum absolute atomic E-state index is 5.94. The molecule has 6 heteroatoms. The molecule has 0 unspecified atom stereocenters. The molecule has 0 saturated carbocycles. The molecular formula is C28H34Cl4SiZr. The number of alkyl halides is 2. The fourth-order valence-electron chi connectivity index (χ4n) is 4.06. The maximum atomic E-state index is 5.94. The van der Waals surface area contributed by atoms with Crippen molar-refractivity contribution in [2.75, 3.05) is 0 Å². The molecule has 0 aromatic heterocycles. The van der Waals surface area contributed by atoms with Crippen molar-refractivity contribution in [1.82, 2.24) is 0 Å². The van der Waals surface area contributed by atoms with Crippen LogP contribution in [0.2, 0.25) is 13.1 Å². The van der Waals surface area contributed by atoms with E-state index >= 15 is 0 Å². The van der Waals surface area contributed by atoms with Gasteiger partial charge in [-0.1, -0.05) is 77.9 Å². The van der Waals surface area contributed by atoms with Crippen LogP contribution in [0.15, 0.2) is 36.4 Å². The Hall–Kier alpha value is -0.0800. The molecule has 0 fully saturated rings. The molecule has 0 saturated heterocycles. The normalized spacial score (nSPS) is 10.0. The second-order valence-corrected chi connectivity index (χ2v) is 13.7. The standard InChI is InChI=1S/2C13H14Cl.C2H6Si.2ClH.Zr/c2*1-8-4-5-11(7-14)13-10(3)9(2)6-12(8)13;1-3-2;;;/h2*4-6H,7H2,1-3H3;1-2H3;2*1H;/q2*-1;;;;+4/p-2. The first-order valence-electron chi connectivity index (χ1n) is 11.1. The average molecular weight is 632 g/mol. The van der Waals surface area contributed by atoms with Crippen molar-refractivity contribution in [1.29, 1.82) is 0 Å². The summed E-state index contributed by atoms with van der Waals surface area (Å²) in [6.07, 6.45) is 0. The molecule has 0 N–H and O–H groups in total. The summed E-state index contributed by atoms with van der Waals surface area (Å²) in [5, 5.41) is 5.44. The van der Waals surface area contributed by atoms with Gasteiger partial charge < -0.3 is 0 Å². The molecule has 0 heterocycles. The van der Waals surface area contributed by atoms with Gasteiger partial charge in [-0.2, -0.15) is 11.1 Å². The summed E-state index contributed by atoms with van der Waals surface area (Å²) < 4.78 is 0. The molecule has 0 spiro atoms. The van der Waals surface area contributed by atoms with E-state index in [-0.39, 0.29) is 0 Å². The Balaban J connectivity index is 0.000000277. The molecule has 0 nitrogen and oxygen atoms in total. The fourth-order valence-corrected chi connectivity index (χ4v) is 4.51. The van der Waals surface area contributed by atoms with E-state index in [4.69, 9.17) is 40.2 Å². The van der Waals surface area contributed by atoms with Gasteiger partial charge in [-0.25, -0.2) is 0 Å². The Morgan fingerprint density at radius 2 is 0.971 bits per heavy atom. The predicted octanol–water partition coefficient (Wildman–Crippen LogP) is 10.6. The molecule has 2 radical (unpaired) electrons. The Morgan fingerprint density at radius 1 is 0.676 bits per heavy atom. The third-order valence-electron chi connectivity index (χ3n) is 6.04. The first-order valence-corrected chi connectivity index (χ1v) is 20.5. The van der Waals surface area contributed by atoms with Crippen LogP contribution in [0.1, 0.15) is 44.5 Å². The van der Waals surface area contributed by atoms with Crippen LogP contribution in [0.5, 0.6) is 0 Å². The topological polar surface area (TPSA) is 0 Å². The van der Waals surface area contributed by atoms with Crippen molar-refractivity contribution in [2.24, 2.45) is 0 Å². The molecule has 4 aromatic rings. The predicted molar refractivity (Wildman–Crippen MR) is 156 cm³/mol. The zero-order chi connectivity index (χ0) is 26.0. The second-order valence-electron chi connectivity index (χ2n) is 8.40. The van der Waals surface area contributed by atoms with Crippen LogP contribution in [0.25, 0.3) is 21.5 Å². The van der Waals surface area contributed by atoms with E-state index in [9.17, 15) is 0 Å². The summed E-state index contributed by atoms with van der Waals surface area (Å²) in [4.78, 5) is 0. The van der Waals surface area contributed by atoms with Crippen LogP contribution < -0.4 is 0 Å². The fraction of sp³-hybridized carbons (Fsp3) is 0.357. The minimum absolute atomic E-state index is 0.598. The summed E-state index contributed by atoms with van der Waals surface area (Å²) in [6.45, 7) is 17.3. The Morgan fingerprint density at radius 3 is 1.24 bits per heavy atom.